The molecule has 2 aromatic heterocycles. The second-order valence-electron chi connectivity index (χ2n) is 8.30. The van der Waals surface area contributed by atoms with Crippen molar-refractivity contribution >= 4 is 22.4 Å². The molecule has 2 aromatic carbocycles. The lowest BCUT2D eigenvalue weighted by molar-refractivity contribution is 0.102. The zero-order valence-corrected chi connectivity index (χ0v) is 20.1. The number of carbonyl (C=O) groups excluding carboxylic acids is 1. The van der Waals surface area contributed by atoms with Gasteiger partial charge in [0.15, 0.2) is 5.13 Å². The molecule has 0 saturated heterocycles. The third kappa shape index (κ3) is 5.84. The quantitative estimate of drug-likeness (QED) is 0.339. The molecule has 0 unspecified atom stereocenters. The molecule has 0 aliphatic rings. The second kappa shape index (κ2) is 9.96. The van der Waals surface area contributed by atoms with Crippen LogP contribution < -0.4 is 10.1 Å². The topological polar surface area (TPSA) is 64.1 Å². The van der Waals surface area contributed by atoms with E-state index in [1.165, 1.54) is 39.2 Å². The van der Waals surface area contributed by atoms with Crippen molar-refractivity contribution in [3.63, 3.8) is 0 Å². The van der Waals surface area contributed by atoms with Gasteiger partial charge in [0.1, 0.15) is 11.5 Å². The molecular formula is C27H27N3O2S. The molecule has 1 N–H and O–H groups in total. The standard InChI is InChI=1S/C27H27N3O2S/c1-17-11-18(2)13-23(12-17)32-24-14-19(3)25(20(4)15-24)6-5-22-16-33-27(29-22)30-26(31)21-7-9-28-10-8-21/h7-16H,5-6H2,1-4H3,(H,29,30,31). The molecule has 33 heavy (non-hydrogen) atoms. The minimum atomic E-state index is -0.176. The number of hydrogen-bond donors (Lipinski definition) is 1. The van der Waals surface area contributed by atoms with Crippen molar-refractivity contribution in [2.45, 2.75) is 40.5 Å². The van der Waals surface area contributed by atoms with Crippen molar-refractivity contribution in [2.75, 3.05) is 5.32 Å². The Hall–Kier alpha value is -3.51. The van der Waals surface area contributed by atoms with Crippen LogP contribution in [0.1, 0.15) is 43.9 Å². The third-order valence-electron chi connectivity index (χ3n) is 5.45. The van der Waals surface area contributed by atoms with Crippen molar-refractivity contribution in [1.82, 2.24) is 9.97 Å². The molecule has 0 aliphatic carbocycles. The van der Waals surface area contributed by atoms with Crippen LogP contribution in [0.2, 0.25) is 0 Å². The highest BCUT2D eigenvalue weighted by Gasteiger charge is 2.11. The average molecular weight is 458 g/mol. The summed E-state index contributed by atoms with van der Waals surface area (Å²) in [5.41, 5.74) is 7.63. The van der Waals surface area contributed by atoms with Gasteiger partial charge in [0.2, 0.25) is 0 Å². The lowest BCUT2D eigenvalue weighted by Gasteiger charge is -2.14. The summed E-state index contributed by atoms with van der Waals surface area (Å²) in [6.07, 6.45) is 4.89. The van der Waals surface area contributed by atoms with E-state index >= 15 is 0 Å². The van der Waals surface area contributed by atoms with Crippen LogP contribution >= 0.6 is 11.3 Å². The lowest BCUT2D eigenvalue weighted by atomic mass is 9.97. The summed E-state index contributed by atoms with van der Waals surface area (Å²) in [6.45, 7) is 8.40. The van der Waals surface area contributed by atoms with Gasteiger partial charge in [-0.05, 0) is 105 Å². The number of anilines is 1. The summed E-state index contributed by atoms with van der Waals surface area (Å²) in [4.78, 5) is 20.8. The maximum absolute atomic E-state index is 12.3. The number of carbonyl (C=O) groups is 1. The van der Waals surface area contributed by atoms with Gasteiger partial charge in [-0.2, -0.15) is 0 Å². The van der Waals surface area contributed by atoms with E-state index in [1.54, 1.807) is 24.5 Å². The normalized spacial score (nSPS) is 10.8. The molecule has 4 aromatic rings. The maximum Gasteiger partial charge on any atom is 0.257 e. The molecule has 0 aliphatic heterocycles. The summed E-state index contributed by atoms with van der Waals surface area (Å²) >= 11 is 1.44. The molecular weight excluding hydrogens is 430 g/mol. The highest BCUT2D eigenvalue weighted by atomic mass is 32.1. The first-order valence-corrected chi connectivity index (χ1v) is 11.8. The predicted octanol–water partition coefficient (Wildman–Crippen LogP) is 6.60. The molecule has 0 radical (unpaired) electrons. The van der Waals surface area contributed by atoms with Crippen molar-refractivity contribution in [2.24, 2.45) is 0 Å². The van der Waals surface area contributed by atoms with Gasteiger partial charge < -0.3 is 4.74 Å². The van der Waals surface area contributed by atoms with E-state index in [1.807, 2.05) is 5.38 Å². The SMILES string of the molecule is Cc1cc(C)cc(Oc2cc(C)c(CCc3csc(NC(=O)c4ccncc4)n3)c(C)c2)c1. The maximum atomic E-state index is 12.3. The summed E-state index contributed by atoms with van der Waals surface area (Å²) in [5.74, 6) is 1.54. The number of nitrogens with zero attached hydrogens (tertiary/aromatic N) is 2. The van der Waals surface area contributed by atoms with Crippen LogP contribution in [-0.2, 0) is 12.8 Å². The van der Waals surface area contributed by atoms with Gasteiger partial charge in [-0.3, -0.25) is 15.1 Å². The van der Waals surface area contributed by atoms with Gasteiger partial charge in [0.25, 0.3) is 5.91 Å². The Labute approximate surface area is 198 Å². The van der Waals surface area contributed by atoms with Crippen molar-refractivity contribution in [1.29, 1.82) is 0 Å². The van der Waals surface area contributed by atoms with Gasteiger partial charge in [0, 0.05) is 23.3 Å². The van der Waals surface area contributed by atoms with Crippen LogP contribution in [0.25, 0.3) is 0 Å². The first-order chi connectivity index (χ1) is 15.9. The van der Waals surface area contributed by atoms with E-state index < -0.39 is 0 Å². The smallest absolute Gasteiger partial charge is 0.257 e. The van der Waals surface area contributed by atoms with E-state index in [-0.39, 0.29) is 5.91 Å². The number of thiazole rings is 1. The summed E-state index contributed by atoms with van der Waals surface area (Å²) in [7, 11) is 0. The van der Waals surface area contributed by atoms with E-state index in [0.29, 0.717) is 10.7 Å². The van der Waals surface area contributed by atoms with E-state index in [9.17, 15) is 4.79 Å². The Morgan fingerprint density at radius 3 is 2.21 bits per heavy atom. The second-order valence-corrected chi connectivity index (χ2v) is 9.15. The Bertz CT molecular complexity index is 1240. The number of hydrogen-bond acceptors (Lipinski definition) is 5. The fourth-order valence-electron chi connectivity index (χ4n) is 3.94. The molecule has 0 saturated carbocycles. The molecule has 0 bridgehead atoms. The van der Waals surface area contributed by atoms with Crippen molar-refractivity contribution in [3.8, 4) is 11.5 Å². The van der Waals surface area contributed by atoms with Gasteiger partial charge in [-0.25, -0.2) is 4.98 Å². The molecule has 0 atom stereocenters. The van der Waals surface area contributed by atoms with Gasteiger partial charge >= 0.3 is 0 Å². The molecule has 2 heterocycles. The Balaban J connectivity index is 1.40. The van der Waals surface area contributed by atoms with E-state index in [4.69, 9.17) is 4.74 Å². The predicted molar refractivity (Wildman–Crippen MR) is 134 cm³/mol. The Kier molecular flexibility index (Phi) is 6.84. The zero-order valence-electron chi connectivity index (χ0n) is 19.3. The highest BCUT2D eigenvalue weighted by molar-refractivity contribution is 7.14. The first-order valence-electron chi connectivity index (χ1n) is 10.9. The van der Waals surface area contributed by atoms with Crippen molar-refractivity contribution < 1.29 is 9.53 Å². The molecule has 1 amide bonds. The van der Waals surface area contributed by atoms with Crippen LogP contribution in [0.4, 0.5) is 5.13 Å². The van der Waals surface area contributed by atoms with Crippen LogP contribution in [0.5, 0.6) is 11.5 Å². The van der Waals surface area contributed by atoms with E-state index in [2.05, 4.69) is 73.3 Å². The largest absolute Gasteiger partial charge is 0.457 e. The molecule has 168 valence electrons. The minimum Gasteiger partial charge on any atom is -0.457 e. The summed E-state index contributed by atoms with van der Waals surface area (Å²) < 4.78 is 6.14. The molecule has 6 heteroatoms. The number of aryl methyl sites for hydroxylation is 5. The van der Waals surface area contributed by atoms with Crippen LogP contribution in [0.15, 0.2) is 60.2 Å². The molecule has 5 nitrogen and oxygen atoms in total. The molecule has 4 rings (SSSR count). The van der Waals surface area contributed by atoms with E-state index in [0.717, 1.165) is 30.0 Å². The van der Waals surface area contributed by atoms with Crippen LogP contribution in [-0.4, -0.2) is 15.9 Å². The molecule has 0 spiro atoms. The summed E-state index contributed by atoms with van der Waals surface area (Å²) in [6, 6.07) is 13.8. The van der Waals surface area contributed by atoms with Gasteiger partial charge in [-0.1, -0.05) is 6.07 Å². The highest BCUT2D eigenvalue weighted by Crippen LogP contribution is 2.29. The summed E-state index contributed by atoms with van der Waals surface area (Å²) in [5, 5.41) is 5.48. The number of ether oxygens (including phenoxy) is 1. The van der Waals surface area contributed by atoms with Crippen LogP contribution in [0.3, 0.4) is 0 Å². The number of benzene rings is 2. The Morgan fingerprint density at radius 1 is 0.909 bits per heavy atom. The fourth-order valence-corrected chi connectivity index (χ4v) is 4.68. The minimum absolute atomic E-state index is 0.176. The lowest BCUT2D eigenvalue weighted by Crippen LogP contribution is -2.11. The fraction of sp³-hybridized carbons (Fsp3) is 0.222. The average Bonchev–Trinajstić information content (AvgIpc) is 3.20. The third-order valence-corrected chi connectivity index (χ3v) is 6.25. The van der Waals surface area contributed by atoms with Gasteiger partial charge in [-0.15, -0.1) is 11.3 Å². The zero-order chi connectivity index (χ0) is 23.4. The van der Waals surface area contributed by atoms with Crippen LogP contribution in [0, 0.1) is 27.7 Å². The number of amides is 1. The number of rotatable bonds is 7. The molecule has 0 fully saturated rings. The van der Waals surface area contributed by atoms with Gasteiger partial charge in [0.05, 0.1) is 5.69 Å². The first kappa shape index (κ1) is 22.7. The number of nitrogens with one attached hydrogen (secondary N) is 1. The van der Waals surface area contributed by atoms with Crippen molar-refractivity contribution in [3.05, 3.63) is 99.3 Å². The number of pyridine rings is 1. The number of aromatic nitrogens is 2. The Morgan fingerprint density at radius 2 is 1.55 bits per heavy atom. The monoisotopic (exact) mass is 457 g/mol.